The second kappa shape index (κ2) is 5.85. The van der Waals surface area contributed by atoms with Crippen LogP contribution in [0.3, 0.4) is 0 Å². The zero-order valence-electron chi connectivity index (χ0n) is 11.7. The highest BCUT2D eigenvalue weighted by Gasteiger charge is 2.30. The number of carbonyl (C=O) groups is 1. The van der Waals surface area contributed by atoms with Crippen LogP contribution >= 0.6 is 11.6 Å². The summed E-state index contributed by atoms with van der Waals surface area (Å²) in [6.45, 7) is 2.38. The van der Waals surface area contributed by atoms with Gasteiger partial charge in [-0.1, -0.05) is 23.7 Å². The molecule has 1 fully saturated rings. The van der Waals surface area contributed by atoms with Gasteiger partial charge in [-0.3, -0.25) is 4.79 Å². The first-order chi connectivity index (χ1) is 10.1. The van der Waals surface area contributed by atoms with Crippen molar-refractivity contribution < 1.29 is 9.21 Å². The van der Waals surface area contributed by atoms with E-state index in [1.54, 1.807) is 6.92 Å². The highest BCUT2D eigenvalue weighted by Crippen LogP contribution is 2.30. The van der Waals surface area contributed by atoms with E-state index in [0.717, 1.165) is 12.0 Å². The van der Waals surface area contributed by atoms with Gasteiger partial charge < -0.3 is 9.73 Å². The van der Waals surface area contributed by atoms with Crippen LogP contribution in [0.4, 0.5) is 0 Å². The molecule has 3 rings (SSSR count). The van der Waals surface area contributed by atoms with E-state index in [2.05, 4.69) is 15.5 Å². The van der Waals surface area contributed by atoms with Crippen molar-refractivity contribution >= 4 is 17.5 Å². The number of benzene rings is 1. The van der Waals surface area contributed by atoms with E-state index in [9.17, 15) is 4.79 Å². The lowest BCUT2D eigenvalue weighted by molar-refractivity contribution is -0.127. The summed E-state index contributed by atoms with van der Waals surface area (Å²) in [5, 5.41) is 11.4. The van der Waals surface area contributed by atoms with Crippen LogP contribution < -0.4 is 5.32 Å². The van der Waals surface area contributed by atoms with Crippen LogP contribution in [0.1, 0.15) is 29.7 Å². The number of nitrogens with one attached hydrogen (secondary N) is 1. The molecule has 5 nitrogen and oxygen atoms in total. The van der Waals surface area contributed by atoms with Gasteiger partial charge in [0.1, 0.15) is 0 Å². The van der Waals surface area contributed by atoms with E-state index in [1.807, 2.05) is 24.3 Å². The van der Waals surface area contributed by atoms with Crippen molar-refractivity contribution in [3.63, 3.8) is 0 Å². The van der Waals surface area contributed by atoms with Crippen LogP contribution in [0.2, 0.25) is 5.02 Å². The number of rotatable bonds is 3. The third kappa shape index (κ3) is 3.24. The predicted molar refractivity (Wildman–Crippen MR) is 78.0 cm³/mol. The van der Waals surface area contributed by atoms with E-state index in [4.69, 9.17) is 16.0 Å². The summed E-state index contributed by atoms with van der Waals surface area (Å²) >= 11 is 6.04. The molecule has 21 heavy (non-hydrogen) atoms. The van der Waals surface area contributed by atoms with Crippen LogP contribution in [-0.2, 0) is 11.2 Å². The molecular weight excluding hydrogens is 290 g/mol. The molecule has 6 heteroatoms. The summed E-state index contributed by atoms with van der Waals surface area (Å²) in [6.07, 6.45) is 1.23. The molecule has 0 aliphatic carbocycles. The zero-order chi connectivity index (χ0) is 14.8. The number of hydrogen-bond donors (Lipinski definition) is 1. The lowest BCUT2D eigenvalue weighted by Crippen LogP contribution is -2.41. The van der Waals surface area contributed by atoms with E-state index >= 15 is 0 Å². The summed E-state index contributed by atoms with van der Waals surface area (Å²) in [5.41, 5.74) is 1.15. The second-order valence-electron chi connectivity index (χ2n) is 5.35. The van der Waals surface area contributed by atoms with Gasteiger partial charge in [0.25, 0.3) is 0 Å². The minimum Gasteiger partial charge on any atom is -0.426 e. The molecule has 1 aromatic carbocycles. The van der Waals surface area contributed by atoms with Crippen LogP contribution in [0.5, 0.6) is 0 Å². The summed E-state index contributed by atoms with van der Waals surface area (Å²) in [6, 6.07) is 7.79. The number of amides is 1. The number of carbonyl (C=O) groups excluding carboxylic acids is 1. The Morgan fingerprint density at radius 2 is 2.29 bits per heavy atom. The Balaban J connectivity index is 1.74. The normalized spacial score (nSPS) is 22.1. The molecular formula is C15H16ClN3O2. The number of hydrogen-bond acceptors (Lipinski definition) is 4. The molecule has 0 saturated carbocycles. The molecule has 1 aliphatic heterocycles. The smallest absolute Gasteiger partial charge is 0.223 e. The van der Waals surface area contributed by atoms with Crippen LogP contribution in [-0.4, -0.2) is 22.6 Å². The van der Waals surface area contributed by atoms with Crippen molar-refractivity contribution in [3.8, 4) is 0 Å². The molecule has 2 heterocycles. The SMILES string of the molecule is Cc1nnc(CC2CC(c3cccc(Cl)c3)CNC2=O)o1. The molecule has 1 saturated heterocycles. The zero-order valence-corrected chi connectivity index (χ0v) is 12.4. The number of halogens is 1. The third-order valence-electron chi connectivity index (χ3n) is 3.77. The maximum atomic E-state index is 12.0. The fraction of sp³-hybridized carbons (Fsp3) is 0.400. The van der Waals surface area contributed by atoms with Crippen molar-refractivity contribution in [2.24, 2.45) is 5.92 Å². The van der Waals surface area contributed by atoms with Crippen LogP contribution in [0.25, 0.3) is 0 Å². The standard InChI is InChI=1S/C15H16ClN3O2/c1-9-18-19-14(21-9)7-11-5-12(8-17-15(11)20)10-3-2-4-13(16)6-10/h2-4,6,11-12H,5,7-8H2,1H3,(H,17,20). The van der Waals surface area contributed by atoms with Crippen molar-refractivity contribution in [2.75, 3.05) is 6.54 Å². The van der Waals surface area contributed by atoms with Crippen molar-refractivity contribution in [1.82, 2.24) is 15.5 Å². The van der Waals surface area contributed by atoms with Gasteiger partial charge in [0.15, 0.2) is 0 Å². The molecule has 2 aromatic rings. The number of aromatic nitrogens is 2. The fourth-order valence-corrected chi connectivity index (χ4v) is 2.92. The van der Waals surface area contributed by atoms with E-state index < -0.39 is 0 Å². The quantitative estimate of drug-likeness (QED) is 0.946. The molecule has 2 atom stereocenters. The van der Waals surface area contributed by atoms with E-state index in [0.29, 0.717) is 29.8 Å². The molecule has 110 valence electrons. The Labute approximate surface area is 127 Å². The van der Waals surface area contributed by atoms with Crippen LogP contribution in [0, 0.1) is 12.8 Å². The highest BCUT2D eigenvalue weighted by molar-refractivity contribution is 6.30. The second-order valence-corrected chi connectivity index (χ2v) is 5.79. The van der Waals surface area contributed by atoms with E-state index in [1.165, 1.54) is 0 Å². The maximum Gasteiger partial charge on any atom is 0.223 e. The van der Waals surface area contributed by atoms with Gasteiger partial charge in [-0.15, -0.1) is 10.2 Å². The minimum absolute atomic E-state index is 0.0455. The Kier molecular flexibility index (Phi) is 3.92. The monoisotopic (exact) mass is 305 g/mol. The topological polar surface area (TPSA) is 68.0 Å². The number of aryl methyl sites for hydroxylation is 1. The van der Waals surface area contributed by atoms with Gasteiger partial charge in [-0.2, -0.15) is 0 Å². The molecule has 0 radical (unpaired) electrons. The van der Waals surface area contributed by atoms with Gasteiger partial charge in [0.05, 0.1) is 0 Å². The van der Waals surface area contributed by atoms with Gasteiger partial charge in [-0.25, -0.2) is 0 Å². The number of nitrogens with zero attached hydrogens (tertiary/aromatic N) is 2. The summed E-state index contributed by atoms with van der Waals surface area (Å²) in [7, 11) is 0. The first kappa shape index (κ1) is 14.1. The van der Waals surface area contributed by atoms with Crippen molar-refractivity contribution in [2.45, 2.75) is 25.7 Å². The molecule has 1 aliphatic rings. The molecule has 2 unspecified atom stereocenters. The largest absolute Gasteiger partial charge is 0.426 e. The Hall–Kier alpha value is -1.88. The van der Waals surface area contributed by atoms with Crippen molar-refractivity contribution in [1.29, 1.82) is 0 Å². The van der Waals surface area contributed by atoms with E-state index in [-0.39, 0.29) is 17.7 Å². The average molecular weight is 306 g/mol. The Morgan fingerprint density at radius 3 is 3.00 bits per heavy atom. The van der Waals surface area contributed by atoms with Crippen LogP contribution in [0.15, 0.2) is 28.7 Å². The fourth-order valence-electron chi connectivity index (χ4n) is 2.72. The first-order valence-corrected chi connectivity index (χ1v) is 7.32. The van der Waals surface area contributed by atoms with Gasteiger partial charge in [0.2, 0.25) is 17.7 Å². The minimum atomic E-state index is -0.150. The molecule has 1 N–H and O–H groups in total. The predicted octanol–water partition coefficient (Wildman–Crippen LogP) is 2.49. The van der Waals surface area contributed by atoms with Crippen molar-refractivity contribution in [3.05, 3.63) is 46.6 Å². The third-order valence-corrected chi connectivity index (χ3v) is 4.01. The molecule has 1 amide bonds. The molecule has 0 spiro atoms. The Morgan fingerprint density at radius 1 is 1.43 bits per heavy atom. The first-order valence-electron chi connectivity index (χ1n) is 6.94. The lowest BCUT2D eigenvalue weighted by atomic mass is 9.83. The Bertz CT molecular complexity index is 656. The van der Waals surface area contributed by atoms with Gasteiger partial charge in [-0.05, 0) is 24.1 Å². The summed E-state index contributed by atoms with van der Waals surface area (Å²) in [4.78, 5) is 12.0. The van der Waals surface area contributed by atoms with Gasteiger partial charge >= 0.3 is 0 Å². The summed E-state index contributed by atoms with van der Waals surface area (Å²) < 4.78 is 5.37. The highest BCUT2D eigenvalue weighted by atomic mass is 35.5. The molecule has 0 bridgehead atoms. The average Bonchev–Trinajstić information content (AvgIpc) is 2.87. The van der Waals surface area contributed by atoms with Gasteiger partial charge in [0, 0.05) is 36.7 Å². The summed E-state index contributed by atoms with van der Waals surface area (Å²) in [5.74, 6) is 1.19. The molecule has 1 aromatic heterocycles. The number of piperidine rings is 1. The lowest BCUT2D eigenvalue weighted by Gasteiger charge is -2.28. The maximum absolute atomic E-state index is 12.0.